The number of rotatable bonds is 32. The van der Waals surface area contributed by atoms with E-state index in [9.17, 15) is 19.5 Å². The SMILES string of the molecule is CC/C=C/C/C=C/CCC(=O)OCC(COCCC(C(=O)O)[N+](C)(C)C)OC(=O)CCCCCCC/C=C/CCCCCCCCC. The lowest BCUT2D eigenvalue weighted by Crippen LogP contribution is -2.50. The number of carbonyl (C=O) groups excluding carboxylic acids is 2. The van der Waals surface area contributed by atoms with Crippen molar-refractivity contribution in [2.24, 2.45) is 0 Å². The second-order valence-electron chi connectivity index (χ2n) is 13.4. The van der Waals surface area contributed by atoms with E-state index in [0.717, 1.165) is 44.9 Å². The van der Waals surface area contributed by atoms with E-state index in [0.29, 0.717) is 19.3 Å². The minimum atomic E-state index is -0.885. The Hall–Kier alpha value is -2.45. The highest BCUT2D eigenvalue weighted by Gasteiger charge is 2.31. The molecule has 0 aliphatic rings. The van der Waals surface area contributed by atoms with Crippen molar-refractivity contribution in [1.82, 2.24) is 0 Å². The molecule has 0 saturated heterocycles. The lowest BCUT2D eigenvalue weighted by atomic mass is 10.1. The Morgan fingerprint density at radius 3 is 1.83 bits per heavy atom. The van der Waals surface area contributed by atoms with Crippen molar-refractivity contribution in [3.05, 3.63) is 36.5 Å². The summed E-state index contributed by atoms with van der Waals surface area (Å²) in [6, 6.07) is -0.620. The molecule has 0 radical (unpaired) electrons. The number of aliphatic carboxylic acids is 1. The minimum Gasteiger partial charge on any atom is -0.477 e. The van der Waals surface area contributed by atoms with Crippen LogP contribution < -0.4 is 0 Å². The van der Waals surface area contributed by atoms with Crippen molar-refractivity contribution < 1.29 is 38.2 Å². The summed E-state index contributed by atoms with van der Waals surface area (Å²) in [6.07, 6.45) is 32.3. The van der Waals surface area contributed by atoms with Gasteiger partial charge in [0.25, 0.3) is 0 Å². The summed E-state index contributed by atoms with van der Waals surface area (Å²) in [5, 5.41) is 9.55. The van der Waals surface area contributed by atoms with Gasteiger partial charge >= 0.3 is 17.9 Å². The molecule has 47 heavy (non-hydrogen) atoms. The molecule has 0 aliphatic carbocycles. The fourth-order valence-electron chi connectivity index (χ4n) is 5.14. The molecule has 8 heteroatoms. The molecule has 0 heterocycles. The predicted molar refractivity (Wildman–Crippen MR) is 192 cm³/mol. The Kier molecular flexibility index (Phi) is 29.2. The van der Waals surface area contributed by atoms with Crippen LogP contribution in [-0.2, 0) is 28.6 Å². The smallest absolute Gasteiger partial charge is 0.362 e. The van der Waals surface area contributed by atoms with Crippen LogP contribution in [0.4, 0.5) is 0 Å². The molecule has 0 amide bonds. The van der Waals surface area contributed by atoms with Crippen molar-refractivity contribution in [1.29, 1.82) is 0 Å². The molecule has 1 N–H and O–H groups in total. The van der Waals surface area contributed by atoms with Gasteiger partial charge in [0.15, 0.2) is 12.1 Å². The van der Waals surface area contributed by atoms with Crippen molar-refractivity contribution >= 4 is 17.9 Å². The Labute approximate surface area is 287 Å². The van der Waals surface area contributed by atoms with Gasteiger partial charge in [-0.3, -0.25) is 9.59 Å². The molecule has 2 unspecified atom stereocenters. The first-order valence-electron chi connectivity index (χ1n) is 18.5. The molecule has 0 saturated carbocycles. The molecule has 2 atom stereocenters. The zero-order valence-electron chi connectivity index (χ0n) is 30.7. The van der Waals surface area contributed by atoms with Gasteiger partial charge < -0.3 is 23.8 Å². The van der Waals surface area contributed by atoms with Crippen LogP contribution in [0.25, 0.3) is 0 Å². The summed E-state index contributed by atoms with van der Waals surface area (Å²) in [7, 11) is 5.49. The highest BCUT2D eigenvalue weighted by molar-refractivity contribution is 5.72. The van der Waals surface area contributed by atoms with Gasteiger partial charge in [-0.25, -0.2) is 4.79 Å². The predicted octanol–water partition coefficient (Wildman–Crippen LogP) is 9.13. The Morgan fingerprint density at radius 1 is 0.660 bits per heavy atom. The highest BCUT2D eigenvalue weighted by atomic mass is 16.6. The first-order valence-corrected chi connectivity index (χ1v) is 18.5. The monoisotopic (exact) mass is 665 g/mol. The Balaban J connectivity index is 4.41. The second-order valence-corrected chi connectivity index (χ2v) is 13.4. The Bertz CT molecular complexity index is 875. The normalized spacial score (nSPS) is 13.5. The number of likely N-dealkylation sites (N-methyl/N-ethyl adjacent to an activating group) is 1. The van der Waals surface area contributed by atoms with E-state index in [4.69, 9.17) is 14.2 Å². The van der Waals surface area contributed by atoms with E-state index < -0.39 is 18.1 Å². The average Bonchev–Trinajstić information content (AvgIpc) is 3.01. The molecule has 0 spiro atoms. The van der Waals surface area contributed by atoms with Gasteiger partial charge in [-0.05, 0) is 51.4 Å². The molecule has 0 rings (SSSR count). The van der Waals surface area contributed by atoms with Crippen LogP contribution in [0, 0.1) is 0 Å². The van der Waals surface area contributed by atoms with Crippen LogP contribution in [0.15, 0.2) is 36.5 Å². The number of carbonyl (C=O) groups is 3. The molecule has 0 aromatic rings. The van der Waals surface area contributed by atoms with Gasteiger partial charge in [-0.15, -0.1) is 0 Å². The van der Waals surface area contributed by atoms with Gasteiger partial charge in [0.05, 0.1) is 34.4 Å². The molecule has 0 fully saturated rings. The number of carboxylic acids is 1. The average molecular weight is 665 g/mol. The van der Waals surface area contributed by atoms with Crippen LogP contribution >= 0.6 is 0 Å². The minimum absolute atomic E-state index is 0.0403. The first-order chi connectivity index (χ1) is 22.6. The first kappa shape index (κ1) is 44.5. The van der Waals surface area contributed by atoms with Crippen molar-refractivity contribution in [3.8, 4) is 0 Å². The number of hydrogen-bond donors (Lipinski definition) is 1. The van der Waals surface area contributed by atoms with E-state index >= 15 is 0 Å². The van der Waals surface area contributed by atoms with Crippen LogP contribution in [0.3, 0.4) is 0 Å². The topological polar surface area (TPSA) is 99.1 Å². The highest BCUT2D eigenvalue weighted by Crippen LogP contribution is 2.12. The van der Waals surface area contributed by atoms with E-state index in [1.807, 2.05) is 33.3 Å². The van der Waals surface area contributed by atoms with E-state index in [1.165, 1.54) is 57.8 Å². The molecule has 0 aromatic heterocycles. The van der Waals surface area contributed by atoms with Crippen LogP contribution in [-0.4, -0.2) is 80.6 Å². The molecule has 0 bridgehead atoms. The number of unbranched alkanes of at least 4 members (excludes halogenated alkanes) is 12. The third kappa shape index (κ3) is 29.4. The number of ether oxygens (including phenoxy) is 3. The summed E-state index contributed by atoms with van der Waals surface area (Å²) in [4.78, 5) is 36.5. The maximum absolute atomic E-state index is 12.6. The number of nitrogens with zero attached hydrogens (tertiary/aromatic N) is 1. The van der Waals surface area contributed by atoms with Crippen molar-refractivity contribution in [2.45, 2.75) is 154 Å². The molecule has 272 valence electrons. The quantitative estimate of drug-likeness (QED) is 0.0331. The second kappa shape index (κ2) is 30.9. The molecular formula is C39H70NO7+. The van der Waals surface area contributed by atoms with Gasteiger partial charge in [-0.1, -0.05) is 108 Å². The van der Waals surface area contributed by atoms with E-state index in [2.05, 4.69) is 38.2 Å². The summed E-state index contributed by atoms with van der Waals surface area (Å²) in [5.41, 5.74) is 0. The van der Waals surface area contributed by atoms with Crippen LogP contribution in [0.1, 0.15) is 142 Å². The third-order valence-corrected chi connectivity index (χ3v) is 8.04. The number of allylic oxidation sites excluding steroid dienone is 6. The molecule has 8 nitrogen and oxygen atoms in total. The molecule has 0 aromatic carbocycles. The maximum Gasteiger partial charge on any atom is 0.362 e. The van der Waals surface area contributed by atoms with Gasteiger partial charge in [0.1, 0.15) is 6.61 Å². The molecular weight excluding hydrogens is 594 g/mol. The van der Waals surface area contributed by atoms with Gasteiger partial charge in [0.2, 0.25) is 0 Å². The summed E-state index contributed by atoms with van der Waals surface area (Å²) in [6.45, 7) is 4.49. The maximum atomic E-state index is 12.6. The Morgan fingerprint density at radius 2 is 1.23 bits per heavy atom. The van der Waals surface area contributed by atoms with Crippen LogP contribution in [0.5, 0.6) is 0 Å². The lowest BCUT2D eigenvalue weighted by Gasteiger charge is -2.31. The number of quaternary nitrogens is 1. The van der Waals surface area contributed by atoms with Gasteiger partial charge in [0, 0.05) is 19.3 Å². The van der Waals surface area contributed by atoms with E-state index in [-0.39, 0.29) is 42.7 Å². The van der Waals surface area contributed by atoms with Gasteiger partial charge in [-0.2, -0.15) is 0 Å². The largest absolute Gasteiger partial charge is 0.477 e. The zero-order valence-corrected chi connectivity index (χ0v) is 30.7. The summed E-state index contributed by atoms with van der Waals surface area (Å²) in [5.74, 6) is -1.58. The summed E-state index contributed by atoms with van der Waals surface area (Å²) >= 11 is 0. The lowest BCUT2D eigenvalue weighted by molar-refractivity contribution is -0.887. The van der Waals surface area contributed by atoms with E-state index in [1.54, 1.807) is 0 Å². The standard InChI is InChI=1S/C39H69NO7/c1-6-8-10-12-14-15-16-17-18-19-20-21-22-24-26-28-30-38(42)47-35(33-45-32-31-36(39(43)44)40(3,4)5)34-46-37(41)29-27-25-23-13-11-9-7-2/h9,11,18-19,23,25,35-36H,6-8,10,12-17,20-22,24,26-34H2,1-5H3/p+1/b11-9+,19-18+,25-23+. The van der Waals surface area contributed by atoms with Crippen LogP contribution in [0.2, 0.25) is 0 Å². The number of carboxylic acid groups (broad SMARTS) is 1. The number of hydrogen-bond acceptors (Lipinski definition) is 6. The van der Waals surface area contributed by atoms with Crippen molar-refractivity contribution in [2.75, 3.05) is 41.0 Å². The third-order valence-electron chi connectivity index (χ3n) is 8.04. The fraction of sp³-hybridized carbons (Fsp3) is 0.769. The summed E-state index contributed by atoms with van der Waals surface area (Å²) < 4.78 is 17.0. The molecule has 0 aliphatic heterocycles. The zero-order chi connectivity index (χ0) is 35.0. The number of esters is 2. The fourth-order valence-corrected chi connectivity index (χ4v) is 5.14. The van der Waals surface area contributed by atoms with Crippen molar-refractivity contribution in [3.63, 3.8) is 0 Å².